The van der Waals surface area contributed by atoms with Crippen molar-refractivity contribution in [3.05, 3.63) is 236 Å². The summed E-state index contributed by atoms with van der Waals surface area (Å²) >= 11 is 0. The molecule has 298 valence electrons. The van der Waals surface area contributed by atoms with E-state index in [0.717, 1.165) is 44.8 Å². The van der Waals surface area contributed by atoms with Crippen molar-refractivity contribution < 1.29 is 0 Å². The van der Waals surface area contributed by atoms with Crippen LogP contribution in [0.1, 0.15) is 17.4 Å². The molecular weight excluding hydrogens is 767 g/mol. The molecule has 0 fully saturated rings. The Bertz CT molecular complexity index is 3560. The number of nitrogens with zero attached hydrogens (tertiary/aromatic N) is 5. The third kappa shape index (κ3) is 6.24. The highest BCUT2D eigenvalue weighted by atomic mass is 15.4. The van der Waals surface area contributed by atoms with Gasteiger partial charge < -0.3 is 14.0 Å². The van der Waals surface area contributed by atoms with Crippen LogP contribution in [-0.4, -0.2) is 32.8 Å². The van der Waals surface area contributed by atoms with Crippen LogP contribution in [0, 0.1) is 0 Å². The van der Waals surface area contributed by atoms with Crippen molar-refractivity contribution in [3.63, 3.8) is 0 Å². The number of rotatable bonds is 7. The van der Waals surface area contributed by atoms with Crippen molar-refractivity contribution in [3.8, 4) is 39.1 Å². The first-order valence-electron chi connectivity index (χ1n) is 21.5. The fraction of sp³-hybridized carbons (Fsp3) is 0.0345. The predicted octanol–water partition coefficient (Wildman–Crippen LogP) is 14.2. The zero-order chi connectivity index (χ0) is 41.9. The Balaban J connectivity index is 0.979. The molecule has 1 aliphatic heterocycles. The van der Waals surface area contributed by atoms with Gasteiger partial charge >= 0.3 is 0 Å². The molecule has 2 aromatic heterocycles. The van der Waals surface area contributed by atoms with Crippen molar-refractivity contribution in [1.82, 2.24) is 14.0 Å². The first kappa shape index (κ1) is 36.6. The van der Waals surface area contributed by atoms with Gasteiger partial charge in [-0.15, -0.1) is 0 Å². The molecule has 1 aliphatic rings. The van der Waals surface area contributed by atoms with E-state index in [1.807, 2.05) is 0 Å². The molecule has 0 saturated heterocycles. The van der Waals surface area contributed by atoms with E-state index < -0.39 is 6.29 Å². The van der Waals surface area contributed by atoms with Gasteiger partial charge in [0.2, 0.25) is 6.29 Å². The highest BCUT2D eigenvalue weighted by Gasteiger charge is 2.29. The van der Waals surface area contributed by atoms with Gasteiger partial charge in [0.25, 0.3) is 0 Å². The maximum absolute atomic E-state index is 5.53. The third-order valence-electron chi connectivity index (χ3n) is 12.6. The molecule has 5 nitrogen and oxygen atoms in total. The number of aliphatic imine (C=N–C) groups is 2. The maximum atomic E-state index is 5.53. The molecule has 0 radical (unpaired) electrons. The van der Waals surface area contributed by atoms with Crippen LogP contribution in [0.3, 0.4) is 0 Å². The van der Waals surface area contributed by atoms with E-state index in [1.54, 1.807) is 0 Å². The summed E-state index contributed by atoms with van der Waals surface area (Å²) < 4.78 is 4.75. The molecule has 9 aromatic carbocycles. The van der Waals surface area contributed by atoms with Crippen molar-refractivity contribution in [2.24, 2.45) is 9.98 Å². The van der Waals surface area contributed by atoms with Crippen LogP contribution in [-0.2, 0) is 0 Å². The lowest BCUT2D eigenvalue weighted by molar-refractivity contribution is 0.297. The highest BCUT2D eigenvalue weighted by molar-refractivity contribution is 6.15. The van der Waals surface area contributed by atoms with Crippen molar-refractivity contribution >= 4 is 55.3 Å². The SMILES string of the molecule is CN1C(c2ccccc2)=NC(c2cccc(-c3ccc(-c4ccccc4)cc3)c2)=NC1n1c2ccccc2c2cc(-c3ccc4c(c3)c3ccccc3n4-c3ccccc3)ccc21. The Hall–Kier alpha value is -8.28. The molecule has 3 heterocycles. The molecule has 0 spiro atoms. The number of amidine groups is 2. The second-order valence-electron chi connectivity index (χ2n) is 16.3. The smallest absolute Gasteiger partial charge is 0.206 e. The van der Waals surface area contributed by atoms with Gasteiger partial charge in [0, 0.05) is 45.4 Å². The van der Waals surface area contributed by atoms with Gasteiger partial charge in [-0.3, -0.25) is 0 Å². The number of hydrogen-bond acceptors (Lipinski definition) is 3. The Morgan fingerprint density at radius 3 is 1.49 bits per heavy atom. The predicted molar refractivity (Wildman–Crippen MR) is 263 cm³/mol. The minimum absolute atomic E-state index is 0.407. The summed E-state index contributed by atoms with van der Waals surface area (Å²) in [5.41, 5.74) is 14.8. The Labute approximate surface area is 365 Å². The number of hydrogen-bond donors (Lipinski definition) is 0. The van der Waals surface area contributed by atoms with Gasteiger partial charge in [0.15, 0.2) is 5.84 Å². The zero-order valence-electron chi connectivity index (χ0n) is 34.7. The number of fused-ring (bicyclic) bond motifs is 6. The van der Waals surface area contributed by atoms with Crippen molar-refractivity contribution in [2.45, 2.75) is 6.29 Å². The van der Waals surface area contributed by atoms with Crippen LogP contribution >= 0.6 is 0 Å². The first-order chi connectivity index (χ1) is 31.2. The normalized spacial score (nSPS) is 14.1. The maximum Gasteiger partial charge on any atom is 0.206 e. The second kappa shape index (κ2) is 15.0. The molecule has 0 aliphatic carbocycles. The summed E-state index contributed by atoms with van der Waals surface area (Å²) in [6.45, 7) is 0. The molecule has 63 heavy (non-hydrogen) atoms. The standard InChI is InChI=1S/C58H41N5/c1-61-57(42-18-7-3-8-19-42)59-56(46-21-15-20-43(36-46)41-30-28-40(29-31-41)39-16-5-2-6-17-39)60-58(61)63-53-27-14-12-25-49(53)51-38-45(33-35-55(51)63)44-32-34-54-50(37-44)48-24-11-13-26-52(48)62(54)47-22-9-4-10-23-47/h2-38,58H,1H3. The molecule has 0 saturated carbocycles. The highest BCUT2D eigenvalue weighted by Crippen LogP contribution is 2.40. The van der Waals surface area contributed by atoms with E-state index in [4.69, 9.17) is 9.98 Å². The van der Waals surface area contributed by atoms with Crippen LogP contribution in [0.15, 0.2) is 234 Å². The molecule has 0 N–H and O–H groups in total. The lowest BCUT2D eigenvalue weighted by atomic mass is 9.99. The Kier molecular flexibility index (Phi) is 8.71. The average Bonchev–Trinajstić information content (AvgIpc) is 3.87. The minimum Gasteiger partial charge on any atom is -0.320 e. The number of aromatic nitrogens is 2. The van der Waals surface area contributed by atoms with Crippen molar-refractivity contribution in [2.75, 3.05) is 7.05 Å². The van der Waals surface area contributed by atoms with Gasteiger partial charge in [0.05, 0.1) is 22.1 Å². The largest absolute Gasteiger partial charge is 0.320 e. The van der Waals surface area contributed by atoms with E-state index in [-0.39, 0.29) is 0 Å². The molecule has 0 bridgehead atoms. The van der Waals surface area contributed by atoms with E-state index in [0.29, 0.717) is 5.84 Å². The molecule has 12 rings (SSSR count). The van der Waals surface area contributed by atoms with Gasteiger partial charge in [-0.1, -0.05) is 170 Å². The molecular formula is C58H41N5. The molecule has 11 aromatic rings. The quantitative estimate of drug-likeness (QED) is 0.158. The van der Waals surface area contributed by atoms with Gasteiger partial charge in [-0.25, -0.2) is 9.98 Å². The van der Waals surface area contributed by atoms with Gasteiger partial charge in [-0.05, 0) is 88.0 Å². The molecule has 1 unspecified atom stereocenters. The van der Waals surface area contributed by atoms with Crippen LogP contribution in [0.4, 0.5) is 0 Å². The Morgan fingerprint density at radius 2 is 0.794 bits per heavy atom. The topological polar surface area (TPSA) is 37.8 Å². The lowest BCUT2D eigenvalue weighted by Crippen LogP contribution is -2.38. The zero-order valence-corrected chi connectivity index (χ0v) is 34.7. The van der Waals surface area contributed by atoms with Crippen LogP contribution in [0.5, 0.6) is 0 Å². The molecule has 0 amide bonds. The summed E-state index contributed by atoms with van der Waals surface area (Å²) in [7, 11) is 2.11. The van der Waals surface area contributed by atoms with Crippen molar-refractivity contribution in [1.29, 1.82) is 0 Å². The van der Waals surface area contributed by atoms with Gasteiger partial charge in [-0.2, -0.15) is 0 Å². The fourth-order valence-electron chi connectivity index (χ4n) is 9.50. The van der Waals surface area contributed by atoms with E-state index in [2.05, 4.69) is 246 Å². The Morgan fingerprint density at radius 1 is 0.349 bits per heavy atom. The average molecular weight is 808 g/mol. The first-order valence-corrected chi connectivity index (χ1v) is 21.5. The van der Waals surface area contributed by atoms with Gasteiger partial charge in [0.1, 0.15) is 5.84 Å². The number of para-hydroxylation sites is 3. The fourth-order valence-corrected chi connectivity index (χ4v) is 9.50. The summed E-state index contributed by atoms with van der Waals surface area (Å²) in [6, 6.07) is 80.3. The minimum atomic E-state index is -0.407. The number of benzene rings is 9. The second-order valence-corrected chi connectivity index (χ2v) is 16.3. The van der Waals surface area contributed by atoms with Crippen LogP contribution in [0.2, 0.25) is 0 Å². The van der Waals surface area contributed by atoms with Crippen LogP contribution in [0.25, 0.3) is 82.7 Å². The van der Waals surface area contributed by atoms with E-state index >= 15 is 0 Å². The van der Waals surface area contributed by atoms with E-state index in [9.17, 15) is 0 Å². The third-order valence-corrected chi connectivity index (χ3v) is 12.6. The summed E-state index contributed by atoms with van der Waals surface area (Å²) in [6.07, 6.45) is -0.407. The monoisotopic (exact) mass is 807 g/mol. The van der Waals surface area contributed by atoms with Crippen LogP contribution < -0.4 is 0 Å². The lowest BCUT2D eigenvalue weighted by Gasteiger charge is -2.34. The molecule has 5 heteroatoms. The molecule has 1 atom stereocenters. The summed E-state index contributed by atoms with van der Waals surface area (Å²) in [4.78, 5) is 13.0. The van der Waals surface area contributed by atoms with E-state index in [1.165, 1.54) is 54.8 Å². The summed E-state index contributed by atoms with van der Waals surface area (Å²) in [5, 5.41) is 4.85. The summed E-state index contributed by atoms with van der Waals surface area (Å²) in [5.74, 6) is 1.57.